The van der Waals surface area contributed by atoms with E-state index in [1.165, 1.54) is 35.9 Å². The van der Waals surface area contributed by atoms with Crippen LogP contribution >= 0.6 is 23.1 Å². The van der Waals surface area contributed by atoms with E-state index in [2.05, 4.69) is 35.4 Å². The van der Waals surface area contributed by atoms with Crippen LogP contribution in [0.25, 0.3) is 15.9 Å². The smallest absolute Gasteiger partial charge is 0.240 e. The molecule has 1 N–H and O–H groups in total. The van der Waals surface area contributed by atoms with Crippen LogP contribution in [0.4, 0.5) is 9.52 Å². The molecule has 1 aliphatic heterocycles. The topological polar surface area (TPSA) is 101 Å². The number of thiazole rings is 1. The molecule has 1 amide bonds. The largest absolute Gasteiger partial charge is 0.470 e. The number of alkyl halides is 1. The van der Waals surface area contributed by atoms with E-state index in [1.807, 2.05) is 18.2 Å². The molecule has 0 radical (unpaired) electrons. The van der Waals surface area contributed by atoms with Crippen LogP contribution in [-0.4, -0.2) is 91.5 Å². The Morgan fingerprint density at radius 2 is 1.93 bits per heavy atom. The highest BCUT2D eigenvalue weighted by molar-refractivity contribution is 7.99. The van der Waals surface area contributed by atoms with Crippen LogP contribution in [-0.2, 0) is 4.79 Å². The summed E-state index contributed by atoms with van der Waals surface area (Å²) < 4.78 is 22.8. The molecule has 7 rings (SSSR count). The first-order valence-electron chi connectivity index (χ1n) is 14.0. The predicted octanol–water partition coefficient (Wildman–Crippen LogP) is 4.26. The number of nitrogens with one attached hydrogen (secondary N) is 1. The summed E-state index contributed by atoms with van der Waals surface area (Å²) in [7, 11) is 0. The van der Waals surface area contributed by atoms with Crippen LogP contribution in [0.3, 0.4) is 0 Å². The molecular formula is C27H31FN8O2S2. The Kier molecular flexibility index (Phi) is 7.29. The molecule has 0 bridgehead atoms. The van der Waals surface area contributed by atoms with Gasteiger partial charge in [-0.2, -0.15) is 4.52 Å². The van der Waals surface area contributed by atoms with E-state index >= 15 is 0 Å². The molecule has 2 atom stereocenters. The molecule has 10 nitrogen and oxygen atoms in total. The van der Waals surface area contributed by atoms with Gasteiger partial charge in [-0.3, -0.25) is 14.6 Å². The Labute approximate surface area is 239 Å². The van der Waals surface area contributed by atoms with Gasteiger partial charge < -0.3 is 10.1 Å². The van der Waals surface area contributed by atoms with Crippen molar-refractivity contribution in [1.29, 1.82) is 0 Å². The lowest BCUT2D eigenvalue weighted by Crippen LogP contribution is -2.49. The first-order chi connectivity index (χ1) is 19.6. The van der Waals surface area contributed by atoms with E-state index in [1.54, 1.807) is 16.6 Å². The van der Waals surface area contributed by atoms with Gasteiger partial charge >= 0.3 is 0 Å². The summed E-state index contributed by atoms with van der Waals surface area (Å²) in [5.41, 5.74) is 1.42. The number of halogens is 1. The molecule has 0 spiro atoms. The monoisotopic (exact) mass is 582 g/mol. The van der Waals surface area contributed by atoms with Crippen LogP contribution in [0.1, 0.15) is 38.5 Å². The third kappa shape index (κ3) is 5.78. The number of fused-ring (bicyclic) bond motifs is 2. The zero-order valence-electron chi connectivity index (χ0n) is 22.0. The molecule has 13 heteroatoms. The number of aromatic nitrogens is 5. The molecule has 40 heavy (non-hydrogen) atoms. The molecule has 3 aromatic heterocycles. The lowest BCUT2D eigenvalue weighted by molar-refractivity contribution is -0.117. The number of amides is 1. The molecule has 0 unspecified atom stereocenters. The van der Waals surface area contributed by atoms with E-state index < -0.39 is 12.3 Å². The first kappa shape index (κ1) is 26.1. The quantitative estimate of drug-likeness (QED) is 0.327. The van der Waals surface area contributed by atoms with E-state index in [-0.39, 0.29) is 5.91 Å². The highest BCUT2D eigenvalue weighted by Gasteiger charge is 2.31. The second kappa shape index (κ2) is 11.2. The van der Waals surface area contributed by atoms with Gasteiger partial charge in [0.25, 0.3) is 0 Å². The number of carbonyl (C=O) groups excluding carboxylic acids is 1. The molecule has 3 fully saturated rings. The van der Waals surface area contributed by atoms with Crippen molar-refractivity contribution in [3.8, 4) is 5.88 Å². The zero-order valence-corrected chi connectivity index (χ0v) is 23.7. The summed E-state index contributed by atoms with van der Waals surface area (Å²) in [5.74, 6) is 0.339. The molecule has 210 valence electrons. The van der Waals surface area contributed by atoms with E-state index in [4.69, 9.17) is 4.74 Å². The summed E-state index contributed by atoms with van der Waals surface area (Å²) in [6.45, 7) is 4.34. The average molecular weight is 583 g/mol. The van der Waals surface area contributed by atoms with Crippen molar-refractivity contribution in [1.82, 2.24) is 34.6 Å². The fraction of sp³-hybridized carbons (Fsp3) is 0.519. The van der Waals surface area contributed by atoms with Crippen molar-refractivity contribution in [2.24, 2.45) is 0 Å². The molecule has 1 saturated heterocycles. The van der Waals surface area contributed by atoms with Crippen LogP contribution in [0.15, 0.2) is 40.4 Å². The lowest BCUT2D eigenvalue weighted by Gasteiger charge is -2.34. The number of hydrogen-bond donors (Lipinski definition) is 1. The van der Waals surface area contributed by atoms with Gasteiger partial charge in [0.2, 0.25) is 16.9 Å². The number of nitrogens with zero attached hydrogens (tertiary/aromatic N) is 7. The minimum Gasteiger partial charge on any atom is -0.470 e. The summed E-state index contributed by atoms with van der Waals surface area (Å²) in [6.07, 6.45) is 4.30. The Bertz CT molecular complexity index is 1520. The standard InChI is InChI=1S/C27H31FN8O2S2/c28-19-3-1-2-4-21(19)38-25-10-9-23-31-32-27(36(23)33-25)39-18-7-8-20-22(15-18)40-26(29-20)30-24(37)16-34-11-13-35(14-12-34)17-5-6-17/h7-10,15,17,19,21H,1-6,11-14,16H2,(H,29,30,37)/t19-,21-/m1/s1. The maximum Gasteiger partial charge on any atom is 0.240 e. The Hall–Kier alpha value is -2.87. The molecule has 1 aromatic carbocycles. The van der Waals surface area contributed by atoms with Gasteiger partial charge in [0.1, 0.15) is 12.3 Å². The second-order valence-electron chi connectivity index (χ2n) is 10.7. The minimum absolute atomic E-state index is 0.0279. The molecule has 3 aliphatic rings. The van der Waals surface area contributed by atoms with Gasteiger partial charge in [0, 0.05) is 43.2 Å². The third-order valence-electron chi connectivity index (χ3n) is 7.76. The predicted molar refractivity (Wildman–Crippen MR) is 152 cm³/mol. The number of piperazine rings is 1. The molecule has 4 aromatic rings. The second-order valence-corrected chi connectivity index (χ2v) is 12.8. The number of rotatable bonds is 8. The van der Waals surface area contributed by atoms with Crippen molar-refractivity contribution < 1.29 is 13.9 Å². The molecule has 2 saturated carbocycles. The highest BCUT2D eigenvalue weighted by atomic mass is 32.2. The van der Waals surface area contributed by atoms with Crippen molar-refractivity contribution in [3.05, 3.63) is 30.3 Å². The van der Waals surface area contributed by atoms with Gasteiger partial charge in [-0.1, -0.05) is 17.8 Å². The van der Waals surface area contributed by atoms with Crippen molar-refractivity contribution in [3.63, 3.8) is 0 Å². The number of hydrogen-bond acceptors (Lipinski definition) is 10. The van der Waals surface area contributed by atoms with E-state index in [9.17, 15) is 9.18 Å². The average Bonchev–Trinajstić information content (AvgIpc) is 3.62. The molecule has 2 aliphatic carbocycles. The van der Waals surface area contributed by atoms with Gasteiger partial charge in [0.15, 0.2) is 10.8 Å². The van der Waals surface area contributed by atoms with Gasteiger partial charge in [-0.25, -0.2) is 9.37 Å². The van der Waals surface area contributed by atoms with Crippen LogP contribution < -0.4 is 10.1 Å². The third-order valence-corrected chi connectivity index (χ3v) is 9.62. The minimum atomic E-state index is -0.968. The van der Waals surface area contributed by atoms with Crippen molar-refractivity contribution in [2.75, 3.05) is 38.0 Å². The summed E-state index contributed by atoms with van der Waals surface area (Å²) in [6, 6.07) is 10.2. The molecular weight excluding hydrogens is 551 g/mol. The van der Waals surface area contributed by atoms with Gasteiger partial charge in [-0.15, -0.1) is 15.3 Å². The Balaban J connectivity index is 0.998. The van der Waals surface area contributed by atoms with Gasteiger partial charge in [0.05, 0.1) is 16.8 Å². The van der Waals surface area contributed by atoms with Crippen LogP contribution in [0, 0.1) is 0 Å². The normalized spacial score (nSPS) is 22.6. The summed E-state index contributed by atoms with van der Waals surface area (Å²) in [5, 5.41) is 17.2. The van der Waals surface area contributed by atoms with Crippen LogP contribution in [0.2, 0.25) is 0 Å². The fourth-order valence-electron chi connectivity index (χ4n) is 5.43. The highest BCUT2D eigenvalue weighted by Crippen LogP contribution is 2.33. The lowest BCUT2D eigenvalue weighted by atomic mass is 9.96. The van der Waals surface area contributed by atoms with Crippen molar-refractivity contribution >= 4 is 50.0 Å². The summed E-state index contributed by atoms with van der Waals surface area (Å²) >= 11 is 2.88. The fourth-order valence-corrected chi connectivity index (χ4v) is 7.26. The maximum atomic E-state index is 14.3. The molecule has 4 heterocycles. The zero-order chi connectivity index (χ0) is 27.1. The summed E-state index contributed by atoms with van der Waals surface area (Å²) in [4.78, 5) is 23.0. The number of benzene rings is 1. The van der Waals surface area contributed by atoms with E-state index in [0.29, 0.717) is 41.2 Å². The maximum absolute atomic E-state index is 14.3. The number of ether oxygens (including phenoxy) is 1. The Morgan fingerprint density at radius 3 is 2.75 bits per heavy atom. The SMILES string of the molecule is O=C(CN1CCN(C2CC2)CC1)Nc1nc2ccc(Sc3nnc4ccc(O[C@@H]5CCCC[C@H]5F)nn34)cc2s1. The van der Waals surface area contributed by atoms with Crippen LogP contribution in [0.5, 0.6) is 5.88 Å². The number of anilines is 1. The van der Waals surface area contributed by atoms with E-state index in [0.717, 1.165) is 60.2 Å². The van der Waals surface area contributed by atoms with Gasteiger partial charge in [-0.05, 0) is 68.1 Å². The first-order valence-corrected chi connectivity index (χ1v) is 15.6. The Morgan fingerprint density at radius 1 is 1.07 bits per heavy atom. The van der Waals surface area contributed by atoms with Crippen molar-refractivity contribution in [2.45, 2.75) is 66.9 Å². The number of carbonyl (C=O) groups is 1.